The summed E-state index contributed by atoms with van der Waals surface area (Å²) in [6.07, 6.45) is 1.56. The number of para-hydroxylation sites is 1. The van der Waals surface area contributed by atoms with E-state index in [1.165, 1.54) is 0 Å². The SMILES string of the molecule is CN1Cc2c(Cl)cc(Cl)cc2C(c2ccccc2Nc2c(NCc3ccco3)c(=O)c2=O)C1. The molecule has 168 valence electrons. The van der Waals surface area contributed by atoms with Gasteiger partial charge in [-0.1, -0.05) is 41.4 Å². The maximum absolute atomic E-state index is 12.4. The van der Waals surface area contributed by atoms with E-state index in [1.54, 1.807) is 24.5 Å². The second kappa shape index (κ2) is 8.71. The number of fused-ring (bicyclic) bond motifs is 1. The summed E-state index contributed by atoms with van der Waals surface area (Å²) in [4.78, 5) is 26.8. The zero-order valence-electron chi connectivity index (χ0n) is 17.8. The highest BCUT2D eigenvalue weighted by atomic mass is 35.5. The maximum Gasteiger partial charge on any atom is 0.253 e. The van der Waals surface area contributed by atoms with E-state index in [4.69, 9.17) is 27.6 Å². The van der Waals surface area contributed by atoms with Crippen molar-refractivity contribution in [2.75, 3.05) is 24.2 Å². The molecule has 0 amide bonds. The van der Waals surface area contributed by atoms with Gasteiger partial charge in [-0.25, -0.2) is 0 Å². The minimum atomic E-state index is -0.543. The molecule has 1 unspecified atom stereocenters. The van der Waals surface area contributed by atoms with E-state index in [-0.39, 0.29) is 17.3 Å². The number of hydrogen-bond donors (Lipinski definition) is 2. The number of halogens is 2. The van der Waals surface area contributed by atoms with Gasteiger partial charge in [0.05, 0.1) is 12.8 Å². The Morgan fingerprint density at radius 3 is 2.61 bits per heavy atom. The summed E-state index contributed by atoms with van der Waals surface area (Å²) in [6, 6.07) is 15.1. The minimum absolute atomic E-state index is 0.00958. The van der Waals surface area contributed by atoms with E-state index in [0.29, 0.717) is 22.4 Å². The largest absolute Gasteiger partial charge is 0.467 e. The zero-order chi connectivity index (χ0) is 23.1. The van der Waals surface area contributed by atoms with Gasteiger partial charge in [-0.3, -0.25) is 9.59 Å². The molecule has 1 aliphatic heterocycles. The monoisotopic (exact) mass is 481 g/mol. The standard InChI is InChI=1S/C25H21Cl2N3O3/c1-30-12-18(17-9-14(26)10-20(27)19(17)13-30)16-6-2-3-7-21(16)29-23-22(24(31)25(23)32)28-11-15-5-4-8-33-15/h2-10,18,28-29H,11-13H2,1H3. The van der Waals surface area contributed by atoms with E-state index in [2.05, 4.69) is 15.5 Å². The van der Waals surface area contributed by atoms with Gasteiger partial charge in [0.2, 0.25) is 0 Å². The van der Waals surface area contributed by atoms with Crippen LogP contribution in [-0.2, 0) is 13.1 Å². The van der Waals surface area contributed by atoms with E-state index in [1.807, 2.05) is 37.4 Å². The van der Waals surface area contributed by atoms with Crippen LogP contribution in [0.1, 0.15) is 28.4 Å². The van der Waals surface area contributed by atoms with E-state index < -0.39 is 10.9 Å². The molecule has 4 aromatic rings. The van der Waals surface area contributed by atoms with E-state index in [0.717, 1.165) is 35.5 Å². The van der Waals surface area contributed by atoms with Gasteiger partial charge in [-0.15, -0.1) is 0 Å². The molecule has 8 heteroatoms. The predicted octanol–water partition coefficient (Wildman–Crippen LogP) is 5.12. The first-order valence-electron chi connectivity index (χ1n) is 10.5. The average molecular weight is 482 g/mol. The number of nitrogens with one attached hydrogen (secondary N) is 2. The molecule has 1 atom stereocenters. The van der Waals surface area contributed by atoms with Gasteiger partial charge in [-0.05, 0) is 54.1 Å². The number of anilines is 3. The fourth-order valence-corrected chi connectivity index (χ4v) is 5.00. The molecule has 0 saturated heterocycles. The van der Waals surface area contributed by atoms with Crippen LogP contribution in [0.3, 0.4) is 0 Å². The Kier molecular flexibility index (Phi) is 5.74. The van der Waals surface area contributed by atoms with Crippen molar-refractivity contribution in [2.45, 2.75) is 19.0 Å². The lowest BCUT2D eigenvalue weighted by molar-refractivity contribution is 0.295. The molecule has 2 heterocycles. The molecular formula is C25H21Cl2N3O3. The second-order valence-corrected chi connectivity index (χ2v) is 9.10. The van der Waals surface area contributed by atoms with Crippen molar-refractivity contribution in [3.8, 4) is 0 Å². The fourth-order valence-electron chi connectivity index (χ4n) is 4.43. The van der Waals surface area contributed by atoms with Crippen molar-refractivity contribution >= 4 is 40.3 Å². The molecule has 0 fully saturated rings. The number of nitrogens with zero attached hydrogens (tertiary/aromatic N) is 1. The van der Waals surface area contributed by atoms with Crippen molar-refractivity contribution in [1.82, 2.24) is 4.90 Å². The molecule has 0 saturated carbocycles. The number of rotatable bonds is 6. The highest BCUT2D eigenvalue weighted by molar-refractivity contribution is 6.35. The Morgan fingerprint density at radius 1 is 1.03 bits per heavy atom. The topological polar surface area (TPSA) is 74.6 Å². The quantitative estimate of drug-likeness (QED) is 0.372. The third-order valence-electron chi connectivity index (χ3n) is 6.02. The number of furan rings is 1. The highest BCUT2D eigenvalue weighted by Gasteiger charge is 2.29. The summed E-state index contributed by atoms with van der Waals surface area (Å²) in [6.45, 7) is 1.81. The molecule has 33 heavy (non-hydrogen) atoms. The van der Waals surface area contributed by atoms with Crippen LogP contribution in [0.15, 0.2) is 68.8 Å². The molecule has 1 aromatic heterocycles. The number of likely N-dealkylation sites (N-methyl/N-ethyl adjacent to an activating group) is 1. The maximum atomic E-state index is 12.4. The van der Waals surface area contributed by atoms with Crippen LogP contribution in [0.2, 0.25) is 10.0 Å². The Balaban J connectivity index is 1.49. The first kappa shape index (κ1) is 21.8. The Hall–Kier alpha value is -3.06. The smallest absolute Gasteiger partial charge is 0.253 e. The number of benzene rings is 2. The first-order valence-corrected chi connectivity index (χ1v) is 11.3. The van der Waals surface area contributed by atoms with Crippen LogP contribution in [0.25, 0.3) is 0 Å². The molecule has 5 rings (SSSR count). The zero-order valence-corrected chi connectivity index (χ0v) is 19.3. The molecule has 0 spiro atoms. The average Bonchev–Trinajstić information content (AvgIpc) is 3.32. The summed E-state index contributed by atoms with van der Waals surface area (Å²) < 4.78 is 5.30. The van der Waals surface area contributed by atoms with E-state index >= 15 is 0 Å². The lowest BCUT2D eigenvalue weighted by Crippen LogP contribution is -2.37. The molecule has 1 aliphatic rings. The van der Waals surface area contributed by atoms with Gasteiger partial charge in [0.15, 0.2) is 0 Å². The Labute approximate surface area is 200 Å². The molecular weight excluding hydrogens is 461 g/mol. The van der Waals surface area contributed by atoms with Crippen LogP contribution >= 0.6 is 23.2 Å². The van der Waals surface area contributed by atoms with Gasteiger partial charge in [0.1, 0.15) is 17.1 Å². The summed E-state index contributed by atoms with van der Waals surface area (Å²) in [5.41, 5.74) is 3.31. The van der Waals surface area contributed by atoms with E-state index in [9.17, 15) is 9.59 Å². The predicted molar refractivity (Wildman–Crippen MR) is 132 cm³/mol. The highest BCUT2D eigenvalue weighted by Crippen LogP contribution is 2.41. The molecule has 2 N–H and O–H groups in total. The van der Waals surface area contributed by atoms with Gasteiger partial charge < -0.3 is 20.0 Å². The van der Waals surface area contributed by atoms with Crippen LogP contribution < -0.4 is 21.5 Å². The summed E-state index contributed by atoms with van der Waals surface area (Å²) in [7, 11) is 2.05. The molecule has 3 aromatic carbocycles. The summed E-state index contributed by atoms with van der Waals surface area (Å²) in [5, 5.41) is 7.46. The van der Waals surface area contributed by atoms with Crippen molar-refractivity contribution in [3.63, 3.8) is 0 Å². The van der Waals surface area contributed by atoms with Gasteiger partial charge >= 0.3 is 0 Å². The van der Waals surface area contributed by atoms with Crippen LogP contribution in [0.4, 0.5) is 17.1 Å². The summed E-state index contributed by atoms with van der Waals surface area (Å²) >= 11 is 12.9. The molecule has 0 radical (unpaired) electrons. The Morgan fingerprint density at radius 2 is 1.82 bits per heavy atom. The van der Waals surface area contributed by atoms with Crippen LogP contribution in [0, 0.1) is 0 Å². The van der Waals surface area contributed by atoms with Crippen LogP contribution in [0.5, 0.6) is 0 Å². The van der Waals surface area contributed by atoms with Gasteiger partial charge in [0.25, 0.3) is 10.9 Å². The molecule has 6 nitrogen and oxygen atoms in total. The van der Waals surface area contributed by atoms with Gasteiger partial charge in [-0.2, -0.15) is 0 Å². The number of hydrogen-bond acceptors (Lipinski definition) is 6. The molecule has 0 aliphatic carbocycles. The van der Waals surface area contributed by atoms with Crippen LogP contribution in [-0.4, -0.2) is 18.5 Å². The van der Waals surface area contributed by atoms with Crippen molar-refractivity contribution in [1.29, 1.82) is 0 Å². The Bertz CT molecular complexity index is 1390. The van der Waals surface area contributed by atoms with Crippen molar-refractivity contribution in [2.24, 2.45) is 0 Å². The van der Waals surface area contributed by atoms with Crippen molar-refractivity contribution in [3.05, 3.63) is 108 Å². The minimum Gasteiger partial charge on any atom is -0.467 e. The molecule has 0 bridgehead atoms. The normalized spacial score (nSPS) is 16.0. The third kappa shape index (κ3) is 4.06. The van der Waals surface area contributed by atoms with Gasteiger partial charge in [0, 0.05) is 34.7 Å². The summed E-state index contributed by atoms with van der Waals surface area (Å²) in [5.74, 6) is 0.662. The van der Waals surface area contributed by atoms with Crippen molar-refractivity contribution < 1.29 is 4.42 Å². The second-order valence-electron chi connectivity index (χ2n) is 8.26. The third-order valence-corrected chi connectivity index (χ3v) is 6.57. The first-order chi connectivity index (χ1) is 15.9. The lowest BCUT2D eigenvalue weighted by Gasteiger charge is -2.34. The fraction of sp³-hybridized carbons (Fsp3) is 0.200. The lowest BCUT2D eigenvalue weighted by atomic mass is 9.84.